The lowest BCUT2D eigenvalue weighted by molar-refractivity contribution is -0.156. The molecular weight excluding hydrogens is 976 g/mol. The first-order chi connectivity index (χ1) is 25.8. The van der Waals surface area contributed by atoms with Crippen LogP contribution in [-0.2, 0) is 49.9 Å². The third kappa shape index (κ3) is 17.0. The van der Waals surface area contributed by atoms with Crippen LogP contribution in [0.25, 0.3) is 0 Å². The fraction of sp³-hybridized carbons (Fsp3) is 0.462. The van der Waals surface area contributed by atoms with E-state index in [0.717, 1.165) is 32.9 Å². The Hall–Kier alpha value is -2.32. The molecule has 334 valence electrons. The van der Waals surface area contributed by atoms with Crippen LogP contribution in [0.2, 0.25) is 20.1 Å². The highest BCUT2D eigenvalue weighted by atomic mass is 35.5. The smallest absolute Gasteiger partial charge is 0.415 e. The van der Waals surface area contributed by atoms with Crippen LogP contribution < -0.4 is 9.47 Å². The van der Waals surface area contributed by atoms with Crippen LogP contribution in [0, 0.1) is 0 Å². The molecule has 0 heterocycles. The quantitative estimate of drug-likeness (QED) is 0.0764. The molecule has 2 aromatic rings. The van der Waals surface area contributed by atoms with Gasteiger partial charge in [-0.1, -0.05) is 46.4 Å². The minimum absolute atomic E-state index is 0.0597. The Morgan fingerprint density at radius 3 is 1.00 bits per heavy atom. The van der Waals surface area contributed by atoms with Gasteiger partial charge < -0.3 is 19.3 Å². The number of esters is 2. The molecule has 0 fully saturated rings. The summed E-state index contributed by atoms with van der Waals surface area (Å²) < 4.78 is 180. The van der Waals surface area contributed by atoms with Crippen molar-refractivity contribution < 1.29 is 88.2 Å². The van der Waals surface area contributed by atoms with Crippen molar-refractivity contribution in [3.63, 3.8) is 0 Å². The summed E-state index contributed by atoms with van der Waals surface area (Å²) in [5, 5.41) is -0.941. The average molecular weight is 1010 g/mol. The zero-order valence-corrected chi connectivity index (χ0v) is 36.4. The van der Waals surface area contributed by atoms with Crippen LogP contribution in [0.15, 0.2) is 34.1 Å². The molecule has 0 spiro atoms. The number of nitrogens with zero attached hydrogens (tertiary/aromatic N) is 4. The Morgan fingerprint density at radius 2 is 0.793 bits per heavy atom. The van der Waals surface area contributed by atoms with Crippen molar-refractivity contribution in [2.75, 3.05) is 68.5 Å². The normalized spacial score (nSPS) is 12.9. The first-order valence-corrected chi connectivity index (χ1v) is 21.8. The van der Waals surface area contributed by atoms with E-state index in [1.165, 1.54) is 14.1 Å². The number of sulfonamides is 2. The number of hydrogen-bond acceptors (Lipinski definition) is 14. The lowest BCUT2D eigenvalue weighted by atomic mass is 10.3. The van der Waals surface area contributed by atoms with Crippen LogP contribution in [0.4, 0.5) is 26.3 Å². The lowest BCUT2D eigenvalue weighted by Crippen LogP contribution is -2.34. The van der Waals surface area contributed by atoms with E-state index in [4.69, 9.17) is 81.8 Å². The van der Waals surface area contributed by atoms with Crippen molar-refractivity contribution in [3.05, 3.63) is 44.4 Å². The minimum Gasteiger partial charge on any atom is -0.415 e. The molecule has 0 bridgehead atoms. The van der Waals surface area contributed by atoms with Crippen molar-refractivity contribution in [1.82, 2.24) is 18.4 Å². The maximum atomic E-state index is 13.3. The van der Waals surface area contributed by atoms with E-state index in [0.29, 0.717) is 13.1 Å². The van der Waals surface area contributed by atoms with E-state index >= 15 is 0 Å². The third-order valence-electron chi connectivity index (χ3n) is 6.19. The maximum absolute atomic E-state index is 13.3. The van der Waals surface area contributed by atoms with E-state index in [9.17, 15) is 52.8 Å². The van der Waals surface area contributed by atoms with Crippen molar-refractivity contribution in [1.29, 1.82) is 0 Å². The number of hydrogen-bond donors (Lipinski definition) is 2. The summed E-state index contributed by atoms with van der Waals surface area (Å²) in [4.78, 5) is 28.0. The summed E-state index contributed by atoms with van der Waals surface area (Å²) in [6.45, 7) is 0.847. The number of carbonyl (C=O) groups excluding carboxylic acids is 2. The largest absolute Gasteiger partial charge is 0.522 e. The maximum Gasteiger partial charge on any atom is 0.522 e. The van der Waals surface area contributed by atoms with E-state index in [1.54, 1.807) is 38.0 Å². The molecule has 0 aliphatic carbocycles. The van der Waals surface area contributed by atoms with Crippen molar-refractivity contribution in [3.8, 4) is 11.5 Å². The van der Waals surface area contributed by atoms with Crippen LogP contribution >= 0.6 is 46.4 Å². The fourth-order valence-corrected chi connectivity index (χ4v) is 7.13. The molecule has 0 radical (unpaired) electrons. The van der Waals surface area contributed by atoms with E-state index in [2.05, 4.69) is 0 Å². The number of likely N-dealkylation sites (N-methyl/N-ethyl adjacent to an activating group) is 4. The molecule has 0 atom stereocenters. The second kappa shape index (κ2) is 21.5. The van der Waals surface area contributed by atoms with Crippen LogP contribution in [-0.4, -0.2) is 153 Å². The van der Waals surface area contributed by atoms with Gasteiger partial charge in [0.15, 0.2) is 11.5 Å². The SMILES string of the molecule is CN(C)CCN(C)S(=O)(=O)c1cc(Cl)cc(Cl)c1OC(=O)C(=O)Oc1c(Cl)cc(Cl)cc1S(=O)(=O)N(C)CCN(C)C.O=S(=O)(O)C(F)(F)F.O=S(=O)(O)C(F)(F)F. The van der Waals surface area contributed by atoms with E-state index < -0.39 is 94.6 Å². The van der Waals surface area contributed by atoms with Crippen LogP contribution in [0.3, 0.4) is 0 Å². The highest BCUT2D eigenvalue weighted by molar-refractivity contribution is 7.89. The first-order valence-electron chi connectivity index (χ1n) is 14.5. The Morgan fingerprint density at radius 1 is 0.552 bits per heavy atom. The van der Waals surface area contributed by atoms with Gasteiger partial charge in [0.25, 0.3) is 0 Å². The Kier molecular flexibility index (Phi) is 20.6. The summed E-state index contributed by atoms with van der Waals surface area (Å²) in [6, 6.07) is 4.24. The monoisotopic (exact) mass is 1010 g/mol. The molecule has 0 saturated carbocycles. The molecule has 2 N–H and O–H groups in total. The average Bonchev–Trinajstić information content (AvgIpc) is 3.02. The molecule has 32 heteroatoms. The molecule has 0 aliphatic rings. The minimum atomic E-state index is -5.84. The highest BCUT2D eigenvalue weighted by Crippen LogP contribution is 2.39. The molecule has 0 saturated heterocycles. The lowest BCUT2D eigenvalue weighted by Gasteiger charge is -2.22. The third-order valence-corrected chi connectivity index (χ3v) is 12.1. The number of alkyl halides is 6. The fourth-order valence-electron chi connectivity index (χ4n) is 3.18. The summed E-state index contributed by atoms with van der Waals surface area (Å²) in [6.07, 6.45) is 0. The van der Waals surface area contributed by atoms with Gasteiger partial charge in [-0.3, -0.25) is 9.11 Å². The number of ether oxygens (including phenoxy) is 2. The van der Waals surface area contributed by atoms with Crippen LogP contribution in [0.5, 0.6) is 11.5 Å². The van der Waals surface area contributed by atoms with Gasteiger partial charge in [-0.15, -0.1) is 0 Å². The topological polar surface area (TPSA) is 243 Å². The number of halogens is 10. The summed E-state index contributed by atoms with van der Waals surface area (Å²) in [7, 11) is -10.7. The summed E-state index contributed by atoms with van der Waals surface area (Å²) in [5.41, 5.74) is -11.1. The van der Waals surface area contributed by atoms with Crippen molar-refractivity contribution >= 4 is 98.6 Å². The van der Waals surface area contributed by atoms with Gasteiger partial charge in [0.1, 0.15) is 9.79 Å². The molecule has 0 unspecified atom stereocenters. The first kappa shape index (κ1) is 55.7. The standard InChI is InChI=1S/C24H30Cl4N4O8S2.2CHF3O3S/c1-29(2)7-9-31(5)41(35,36)19-13-15(25)11-17(27)21(19)39-23(33)24(34)40-22-18(28)12-16(26)14-20(22)42(37,38)32(6)10-8-30(3)4;2*2-1(3,4)8(5,6)7/h11-14H,7-10H2,1-6H3;2*(H,5,6,7). The van der Waals surface area contributed by atoms with Crippen LogP contribution in [0.1, 0.15) is 0 Å². The molecule has 0 aromatic heterocycles. The van der Waals surface area contributed by atoms with Gasteiger partial charge in [0.2, 0.25) is 20.0 Å². The molecule has 18 nitrogen and oxygen atoms in total. The molecular formula is C26H32Cl4F6N4O14S4. The Balaban J connectivity index is 0.00000169. The van der Waals surface area contributed by atoms with E-state index in [-0.39, 0.29) is 23.1 Å². The van der Waals surface area contributed by atoms with Gasteiger partial charge in [0.05, 0.1) is 10.0 Å². The number of benzene rings is 2. The van der Waals surface area contributed by atoms with Gasteiger partial charge in [0, 0.05) is 50.3 Å². The van der Waals surface area contributed by atoms with Crippen molar-refractivity contribution in [2.45, 2.75) is 20.8 Å². The Bertz CT molecular complexity index is 2090. The van der Waals surface area contributed by atoms with Gasteiger partial charge in [-0.05, 0) is 52.5 Å². The summed E-state index contributed by atoms with van der Waals surface area (Å²) in [5.74, 6) is -4.81. The Labute approximate surface area is 348 Å². The van der Waals surface area contributed by atoms with Crippen molar-refractivity contribution in [2.24, 2.45) is 0 Å². The molecule has 2 rings (SSSR count). The molecule has 2 aromatic carbocycles. The zero-order chi connectivity index (χ0) is 46.2. The molecule has 58 heavy (non-hydrogen) atoms. The van der Waals surface area contributed by atoms with Gasteiger partial charge >= 0.3 is 43.2 Å². The number of rotatable bonds is 12. The van der Waals surface area contributed by atoms with E-state index in [1.807, 2.05) is 0 Å². The van der Waals surface area contributed by atoms with Gasteiger partial charge in [-0.2, -0.15) is 51.8 Å². The molecule has 0 aliphatic heterocycles. The second-order valence-electron chi connectivity index (χ2n) is 11.3. The van der Waals surface area contributed by atoms with Gasteiger partial charge in [-0.25, -0.2) is 26.4 Å². The highest BCUT2D eigenvalue weighted by Gasteiger charge is 2.45. The predicted octanol–water partition coefficient (Wildman–Crippen LogP) is 3.96. The zero-order valence-electron chi connectivity index (χ0n) is 30.1. The molecule has 0 amide bonds. The summed E-state index contributed by atoms with van der Waals surface area (Å²) >= 11 is 24.4. The second-order valence-corrected chi connectivity index (χ2v) is 19.9. The number of carbonyl (C=O) groups is 2. The predicted molar refractivity (Wildman–Crippen MR) is 196 cm³/mol.